The number of rotatable bonds is 5. The lowest BCUT2D eigenvalue weighted by atomic mass is 9.95. The molecule has 2 amide bonds. The fraction of sp³-hybridized carbons (Fsp3) is 0.333. The van der Waals surface area contributed by atoms with Crippen LogP contribution in [-0.2, 0) is 0 Å². The molecule has 4 N–H and O–H groups in total. The van der Waals surface area contributed by atoms with E-state index in [-0.39, 0.29) is 11.9 Å². The fourth-order valence-electron chi connectivity index (χ4n) is 3.59. The van der Waals surface area contributed by atoms with Crippen molar-refractivity contribution in [2.75, 3.05) is 0 Å². The topological polar surface area (TPSA) is 93.5 Å². The highest BCUT2D eigenvalue weighted by Crippen LogP contribution is 2.32. The summed E-state index contributed by atoms with van der Waals surface area (Å²) in [5, 5.41) is 7.17. The van der Waals surface area contributed by atoms with Crippen LogP contribution in [0.2, 0.25) is 0 Å². The molecule has 3 heterocycles. The maximum absolute atomic E-state index is 12.5. The lowest BCUT2D eigenvalue weighted by Gasteiger charge is -2.20. The Labute approximate surface area is 149 Å². The molecule has 0 saturated carbocycles. The van der Waals surface area contributed by atoms with Gasteiger partial charge in [-0.05, 0) is 43.5 Å². The van der Waals surface area contributed by atoms with E-state index < -0.39 is 5.91 Å². The summed E-state index contributed by atoms with van der Waals surface area (Å²) in [6.45, 7) is 0. The van der Waals surface area contributed by atoms with Crippen LogP contribution in [0.4, 0.5) is 0 Å². The van der Waals surface area contributed by atoms with Gasteiger partial charge in [-0.15, -0.1) is 0 Å². The van der Waals surface area contributed by atoms with Crippen LogP contribution in [-0.4, -0.2) is 29.9 Å². The van der Waals surface area contributed by atoms with Gasteiger partial charge >= 0.3 is 0 Å². The van der Waals surface area contributed by atoms with E-state index in [4.69, 9.17) is 10.5 Å². The third-order valence-corrected chi connectivity index (χ3v) is 5.75. The summed E-state index contributed by atoms with van der Waals surface area (Å²) in [6.07, 6.45) is 3.32. The van der Waals surface area contributed by atoms with Crippen molar-refractivity contribution in [3.63, 3.8) is 0 Å². The second-order valence-electron chi connectivity index (χ2n) is 6.44. The van der Waals surface area contributed by atoms with Gasteiger partial charge in [-0.25, -0.2) is 0 Å². The van der Waals surface area contributed by atoms with Crippen LogP contribution in [0.3, 0.4) is 0 Å². The molecule has 1 aromatic carbocycles. The Morgan fingerprint density at radius 3 is 2.76 bits per heavy atom. The Kier molecular flexibility index (Phi) is 4.19. The minimum absolute atomic E-state index is 0.0811. The Balaban J connectivity index is 1.44. The van der Waals surface area contributed by atoms with Crippen LogP contribution in [0.25, 0.3) is 0 Å². The molecule has 2 saturated heterocycles. The smallest absolute Gasteiger partial charge is 0.261 e. The predicted molar refractivity (Wildman–Crippen MR) is 95.2 cm³/mol. The maximum atomic E-state index is 12.5. The molecule has 2 aromatic rings. The van der Waals surface area contributed by atoms with Crippen LogP contribution in [0, 0.1) is 0 Å². The largest absolute Gasteiger partial charge is 0.446 e. The quantitative estimate of drug-likeness (QED) is 0.765. The zero-order valence-electron chi connectivity index (χ0n) is 13.5. The maximum Gasteiger partial charge on any atom is 0.261 e. The van der Waals surface area contributed by atoms with Crippen molar-refractivity contribution in [2.45, 2.75) is 37.4 Å². The van der Waals surface area contributed by atoms with Crippen LogP contribution >= 0.6 is 11.3 Å². The highest BCUT2D eigenvalue weighted by molar-refractivity contribution is 7.15. The van der Waals surface area contributed by atoms with Crippen molar-refractivity contribution in [1.82, 2.24) is 10.6 Å². The van der Waals surface area contributed by atoms with Crippen molar-refractivity contribution in [2.24, 2.45) is 5.73 Å². The van der Waals surface area contributed by atoms with Gasteiger partial charge in [-0.3, -0.25) is 9.59 Å². The second kappa shape index (κ2) is 6.50. The molecular weight excluding hydrogens is 338 g/mol. The molecule has 1 aromatic heterocycles. The number of hydrogen-bond donors (Lipinski definition) is 3. The number of ether oxygens (including phenoxy) is 1. The van der Waals surface area contributed by atoms with E-state index in [9.17, 15) is 9.59 Å². The van der Waals surface area contributed by atoms with Crippen molar-refractivity contribution in [1.29, 1.82) is 0 Å². The summed E-state index contributed by atoms with van der Waals surface area (Å²) in [6, 6.07) is 11.4. The monoisotopic (exact) mass is 357 g/mol. The first-order valence-electron chi connectivity index (χ1n) is 8.33. The van der Waals surface area contributed by atoms with E-state index in [1.54, 1.807) is 36.4 Å². The number of carbonyl (C=O) groups excluding carboxylic acids is 2. The molecule has 2 fully saturated rings. The summed E-state index contributed by atoms with van der Waals surface area (Å²) in [5.74, 6) is -0.239. The Morgan fingerprint density at radius 1 is 1.20 bits per heavy atom. The minimum atomic E-state index is -0.547. The molecule has 6 nitrogen and oxygen atoms in total. The van der Waals surface area contributed by atoms with Crippen molar-refractivity contribution >= 4 is 23.2 Å². The van der Waals surface area contributed by atoms with Crippen LogP contribution < -0.4 is 21.1 Å². The molecule has 2 aliphatic heterocycles. The molecule has 0 spiro atoms. The van der Waals surface area contributed by atoms with Gasteiger partial charge in [-0.2, -0.15) is 0 Å². The molecule has 7 heteroatoms. The highest BCUT2D eigenvalue weighted by Gasteiger charge is 2.39. The summed E-state index contributed by atoms with van der Waals surface area (Å²) >= 11 is 1.25. The average Bonchev–Trinajstić information content (AvgIpc) is 3.31. The highest BCUT2D eigenvalue weighted by atomic mass is 32.1. The molecule has 25 heavy (non-hydrogen) atoms. The molecule has 0 aliphatic carbocycles. The van der Waals surface area contributed by atoms with Crippen LogP contribution in [0.5, 0.6) is 10.8 Å². The summed E-state index contributed by atoms with van der Waals surface area (Å²) in [5.41, 5.74) is 5.67. The Hall–Kier alpha value is -2.38. The van der Waals surface area contributed by atoms with Gasteiger partial charge in [0.1, 0.15) is 5.75 Å². The molecule has 4 rings (SSSR count). The zero-order chi connectivity index (χ0) is 17.4. The average molecular weight is 357 g/mol. The first-order valence-corrected chi connectivity index (χ1v) is 9.15. The van der Waals surface area contributed by atoms with Gasteiger partial charge in [0.05, 0.1) is 10.4 Å². The molecule has 0 unspecified atom stereocenters. The minimum Gasteiger partial charge on any atom is -0.446 e. The van der Waals surface area contributed by atoms with Gasteiger partial charge < -0.3 is 21.1 Å². The summed E-state index contributed by atoms with van der Waals surface area (Å²) in [4.78, 5) is 24.5. The molecule has 130 valence electrons. The second-order valence-corrected chi connectivity index (χ2v) is 7.49. The number of nitrogens with one attached hydrogen (secondary N) is 2. The predicted octanol–water partition coefficient (Wildman–Crippen LogP) is 2.26. The first kappa shape index (κ1) is 16.1. The van der Waals surface area contributed by atoms with Gasteiger partial charge in [0.15, 0.2) is 5.06 Å². The first-order chi connectivity index (χ1) is 12.1. The van der Waals surface area contributed by atoms with E-state index in [0.29, 0.717) is 33.3 Å². The number of carbonyl (C=O) groups is 2. The molecule has 3 atom stereocenters. The molecular formula is C18H19N3O3S. The third kappa shape index (κ3) is 3.25. The SMILES string of the molecule is NC(=O)c1ccccc1Oc1ccc(C(=O)N[C@@H]2C[C@H]3CC[C@@H]2N3)s1. The van der Waals surface area contributed by atoms with Gasteiger partial charge in [0.2, 0.25) is 0 Å². The number of primary amides is 1. The van der Waals surface area contributed by atoms with E-state index in [2.05, 4.69) is 10.6 Å². The van der Waals surface area contributed by atoms with E-state index >= 15 is 0 Å². The number of fused-ring (bicyclic) bond motifs is 2. The number of thiophene rings is 1. The van der Waals surface area contributed by atoms with E-state index in [1.165, 1.54) is 17.8 Å². The van der Waals surface area contributed by atoms with Gasteiger partial charge in [0, 0.05) is 18.1 Å². The van der Waals surface area contributed by atoms with E-state index in [0.717, 1.165) is 12.8 Å². The van der Waals surface area contributed by atoms with E-state index in [1.807, 2.05) is 0 Å². The number of para-hydroxylation sites is 1. The van der Waals surface area contributed by atoms with Crippen molar-refractivity contribution in [3.05, 3.63) is 46.8 Å². The van der Waals surface area contributed by atoms with Crippen LogP contribution in [0.1, 0.15) is 39.3 Å². The zero-order valence-corrected chi connectivity index (χ0v) is 14.3. The summed E-state index contributed by atoms with van der Waals surface area (Å²) < 4.78 is 5.75. The third-order valence-electron chi connectivity index (χ3n) is 4.78. The molecule has 0 radical (unpaired) electrons. The normalized spacial score (nSPS) is 24.2. The van der Waals surface area contributed by atoms with Crippen molar-refractivity contribution in [3.8, 4) is 10.8 Å². The lowest BCUT2D eigenvalue weighted by molar-refractivity contribution is 0.0934. The Morgan fingerprint density at radius 2 is 2.04 bits per heavy atom. The summed E-state index contributed by atoms with van der Waals surface area (Å²) in [7, 11) is 0. The van der Waals surface area contributed by atoms with Gasteiger partial charge in [0.25, 0.3) is 11.8 Å². The van der Waals surface area contributed by atoms with Crippen LogP contribution in [0.15, 0.2) is 36.4 Å². The number of hydrogen-bond acceptors (Lipinski definition) is 5. The number of benzene rings is 1. The molecule has 2 aliphatic rings. The number of amides is 2. The lowest BCUT2D eigenvalue weighted by Crippen LogP contribution is -2.42. The Bertz CT molecular complexity index is 819. The van der Waals surface area contributed by atoms with Crippen molar-refractivity contribution < 1.29 is 14.3 Å². The number of nitrogens with two attached hydrogens (primary N) is 1. The van der Waals surface area contributed by atoms with Gasteiger partial charge in [-0.1, -0.05) is 23.5 Å². The standard InChI is InChI=1S/C18H19N3O3S/c19-17(22)11-3-1-2-4-14(11)24-16-8-7-15(25-16)18(23)21-13-9-10-5-6-12(13)20-10/h1-4,7-8,10,12-13,20H,5-6,9H2,(H2,19,22)(H,21,23)/t10-,12+,13-/m1/s1. The fourth-order valence-corrected chi connectivity index (χ4v) is 4.36. The molecule has 2 bridgehead atoms.